The molecule has 1 aromatic carbocycles. The van der Waals surface area contributed by atoms with E-state index >= 15 is 0 Å². The molecule has 2 fully saturated rings. The Hall–Kier alpha value is -1.71. The highest BCUT2D eigenvalue weighted by Crippen LogP contribution is 2.45. The van der Waals surface area contributed by atoms with E-state index in [1.54, 1.807) is 0 Å². The van der Waals surface area contributed by atoms with Crippen LogP contribution in [0.25, 0.3) is 0 Å². The van der Waals surface area contributed by atoms with Gasteiger partial charge in [0.25, 0.3) is 0 Å². The fourth-order valence-electron chi connectivity index (χ4n) is 5.54. The van der Waals surface area contributed by atoms with Gasteiger partial charge in [0.1, 0.15) is 0 Å². The Labute approximate surface area is 175 Å². The van der Waals surface area contributed by atoms with E-state index in [4.69, 9.17) is 4.74 Å². The molecule has 3 heteroatoms. The third-order valence-corrected chi connectivity index (χ3v) is 7.21. The minimum atomic E-state index is -0.626. The fraction of sp³-hybridized carbons (Fsp3) is 0.577. The van der Waals surface area contributed by atoms with Crippen LogP contribution in [-0.2, 0) is 17.8 Å². The highest BCUT2D eigenvalue weighted by molar-refractivity contribution is 5.13. The standard InChI is InChI=1S/C26H35NO2/c28-26(22-11-5-2-6-12-22,19-24-13-7-8-18-27-24)23-14-16-25(17-15-23)29-20-21-9-3-1-4-10-21/h1,3-4,7-10,13,18,22-23,25,28H,2,5-6,11-12,14-17,19-20H2/t23?,25?,26-/m1/s1. The molecule has 0 saturated heterocycles. The zero-order chi connectivity index (χ0) is 19.9. The van der Waals surface area contributed by atoms with E-state index in [-0.39, 0.29) is 0 Å². The Kier molecular flexibility index (Phi) is 6.99. The van der Waals surface area contributed by atoms with E-state index in [2.05, 4.69) is 35.3 Å². The number of pyridine rings is 1. The van der Waals surface area contributed by atoms with E-state index in [1.807, 2.05) is 24.4 Å². The summed E-state index contributed by atoms with van der Waals surface area (Å²) in [6, 6.07) is 16.5. The maximum absolute atomic E-state index is 12.0. The van der Waals surface area contributed by atoms with Gasteiger partial charge in [-0.2, -0.15) is 0 Å². The van der Waals surface area contributed by atoms with Crippen LogP contribution in [-0.4, -0.2) is 21.8 Å². The lowest BCUT2D eigenvalue weighted by Crippen LogP contribution is -2.49. The molecule has 2 aliphatic rings. The van der Waals surface area contributed by atoms with Crippen molar-refractivity contribution in [2.24, 2.45) is 11.8 Å². The highest BCUT2D eigenvalue weighted by atomic mass is 16.5. The second-order valence-electron chi connectivity index (χ2n) is 9.09. The minimum Gasteiger partial charge on any atom is -0.389 e. The molecular formula is C26H35NO2. The van der Waals surface area contributed by atoms with Crippen molar-refractivity contribution in [3.63, 3.8) is 0 Å². The van der Waals surface area contributed by atoms with Gasteiger partial charge in [-0.15, -0.1) is 0 Å². The molecule has 2 saturated carbocycles. The molecule has 0 spiro atoms. The van der Waals surface area contributed by atoms with Crippen LogP contribution in [0.4, 0.5) is 0 Å². The second kappa shape index (κ2) is 9.86. The number of rotatable bonds is 7. The van der Waals surface area contributed by atoms with Crippen molar-refractivity contribution in [1.82, 2.24) is 4.98 Å². The second-order valence-corrected chi connectivity index (χ2v) is 9.09. The minimum absolute atomic E-state index is 0.317. The molecule has 4 rings (SSSR count). The molecule has 1 atom stereocenters. The van der Waals surface area contributed by atoms with Gasteiger partial charge in [0, 0.05) is 18.3 Å². The molecule has 156 valence electrons. The van der Waals surface area contributed by atoms with Crippen molar-refractivity contribution in [2.45, 2.75) is 82.5 Å². The Morgan fingerprint density at radius 1 is 0.828 bits per heavy atom. The van der Waals surface area contributed by atoms with Crippen LogP contribution in [0.2, 0.25) is 0 Å². The Morgan fingerprint density at radius 3 is 2.21 bits per heavy atom. The average Bonchev–Trinajstić information content (AvgIpc) is 2.80. The van der Waals surface area contributed by atoms with Crippen molar-refractivity contribution in [3.05, 3.63) is 66.0 Å². The molecule has 0 amide bonds. The summed E-state index contributed by atoms with van der Waals surface area (Å²) in [5.41, 5.74) is 1.64. The largest absolute Gasteiger partial charge is 0.389 e. The first kappa shape index (κ1) is 20.6. The fourth-order valence-corrected chi connectivity index (χ4v) is 5.54. The zero-order valence-electron chi connectivity index (χ0n) is 17.5. The molecule has 1 heterocycles. The Balaban J connectivity index is 1.39. The molecule has 0 radical (unpaired) electrons. The van der Waals surface area contributed by atoms with E-state index in [0.717, 1.165) is 44.2 Å². The predicted molar refractivity (Wildman–Crippen MR) is 116 cm³/mol. The Morgan fingerprint density at radius 2 is 1.52 bits per heavy atom. The molecule has 3 nitrogen and oxygen atoms in total. The van der Waals surface area contributed by atoms with Crippen LogP contribution < -0.4 is 0 Å². The molecule has 0 bridgehead atoms. The maximum atomic E-state index is 12.0. The first-order chi connectivity index (χ1) is 14.2. The summed E-state index contributed by atoms with van der Waals surface area (Å²) in [5, 5.41) is 12.0. The van der Waals surface area contributed by atoms with Crippen LogP contribution in [0.3, 0.4) is 0 Å². The van der Waals surface area contributed by atoms with Gasteiger partial charge in [0.15, 0.2) is 0 Å². The summed E-state index contributed by atoms with van der Waals surface area (Å²) in [4.78, 5) is 4.55. The SMILES string of the molecule is O[C@](Cc1ccccn1)(C1CCCCC1)C1CCC(OCc2ccccc2)CC1. The van der Waals surface area contributed by atoms with Gasteiger partial charge in [-0.05, 0) is 68.1 Å². The van der Waals surface area contributed by atoms with Crippen molar-refractivity contribution >= 4 is 0 Å². The number of benzene rings is 1. The third-order valence-electron chi connectivity index (χ3n) is 7.21. The summed E-state index contributed by atoms with van der Waals surface area (Å²) < 4.78 is 6.20. The molecule has 0 unspecified atom stereocenters. The van der Waals surface area contributed by atoms with Crippen molar-refractivity contribution < 1.29 is 9.84 Å². The van der Waals surface area contributed by atoms with E-state index in [1.165, 1.54) is 24.8 Å². The molecule has 2 aromatic rings. The van der Waals surface area contributed by atoms with Crippen molar-refractivity contribution in [1.29, 1.82) is 0 Å². The predicted octanol–water partition coefficient (Wildman–Crippen LogP) is 5.71. The lowest BCUT2D eigenvalue weighted by Gasteiger charge is -2.46. The summed E-state index contributed by atoms with van der Waals surface area (Å²) >= 11 is 0. The van der Waals surface area contributed by atoms with Gasteiger partial charge in [-0.25, -0.2) is 0 Å². The zero-order valence-corrected chi connectivity index (χ0v) is 17.5. The van der Waals surface area contributed by atoms with E-state index in [0.29, 0.717) is 31.0 Å². The van der Waals surface area contributed by atoms with Gasteiger partial charge in [0.05, 0.1) is 18.3 Å². The maximum Gasteiger partial charge on any atom is 0.0759 e. The van der Waals surface area contributed by atoms with E-state index < -0.39 is 5.60 Å². The number of hydrogen-bond acceptors (Lipinski definition) is 3. The summed E-state index contributed by atoms with van der Waals surface area (Å²) in [6.07, 6.45) is 13.2. The number of ether oxygens (including phenoxy) is 1. The van der Waals surface area contributed by atoms with Crippen LogP contribution in [0.15, 0.2) is 54.7 Å². The number of hydrogen-bond donors (Lipinski definition) is 1. The van der Waals surface area contributed by atoms with Crippen molar-refractivity contribution in [3.8, 4) is 0 Å². The first-order valence-electron chi connectivity index (χ1n) is 11.5. The third kappa shape index (κ3) is 5.26. The first-order valence-corrected chi connectivity index (χ1v) is 11.5. The summed E-state index contributed by atoms with van der Waals surface area (Å²) in [5.74, 6) is 0.759. The number of nitrogens with zero attached hydrogens (tertiary/aromatic N) is 1. The normalized spacial score (nSPS) is 25.4. The van der Waals surface area contributed by atoms with Gasteiger partial charge in [-0.3, -0.25) is 4.98 Å². The molecular weight excluding hydrogens is 358 g/mol. The number of aliphatic hydroxyl groups is 1. The average molecular weight is 394 g/mol. The molecule has 2 aliphatic carbocycles. The molecule has 29 heavy (non-hydrogen) atoms. The van der Waals surface area contributed by atoms with Gasteiger partial charge < -0.3 is 9.84 Å². The van der Waals surface area contributed by atoms with Crippen LogP contribution in [0.5, 0.6) is 0 Å². The Bertz CT molecular complexity index is 721. The van der Waals surface area contributed by atoms with Crippen LogP contribution in [0, 0.1) is 11.8 Å². The molecule has 0 aliphatic heterocycles. The smallest absolute Gasteiger partial charge is 0.0759 e. The monoisotopic (exact) mass is 393 g/mol. The number of aromatic nitrogens is 1. The lowest BCUT2D eigenvalue weighted by molar-refractivity contribution is -0.106. The molecule has 1 N–H and O–H groups in total. The summed E-state index contributed by atoms with van der Waals surface area (Å²) in [7, 11) is 0. The molecule has 1 aromatic heterocycles. The van der Waals surface area contributed by atoms with Crippen molar-refractivity contribution in [2.75, 3.05) is 0 Å². The van der Waals surface area contributed by atoms with E-state index in [9.17, 15) is 5.11 Å². The van der Waals surface area contributed by atoms with Crippen LogP contribution >= 0.6 is 0 Å². The topological polar surface area (TPSA) is 42.4 Å². The highest BCUT2D eigenvalue weighted by Gasteiger charge is 2.45. The van der Waals surface area contributed by atoms with Gasteiger partial charge in [0.2, 0.25) is 0 Å². The van der Waals surface area contributed by atoms with Crippen LogP contribution in [0.1, 0.15) is 69.0 Å². The van der Waals surface area contributed by atoms with Gasteiger partial charge >= 0.3 is 0 Å². The van der Waals surface area contributed by atoms with Gasteiger partial charge in [-0.1, -0.05) is 55.7 Å². The lowest BCUT2D eigenvalue weighted by atomic mass is 9.64. The quantitative estimate of drug-likeness (QED) is 0.655. The summed E-state index contributed by atoms with van der Waals surface area (Å²) in [6.45, 7) is 0.691.